The number of hydrogen-bond acceptors (Lipinski definition) is 6. The van der Waals surface area contributed by atoms with Crippen molar-refractivity contribution in [3.63, 3.8) is 0 Å². The third-order valence-corrected chi connectivity index (χ3v) is 4.72. The summed E-state index contributed by atoms with van der Waals surface area (Å²) in [5.74, 6) is -0.0999. The predicted molar refractivity (Wildman–Crippen MR) is 95.2 cm³/mol. The summed E-state index contributed by atoms with van der Waals surface area (Å²) in [7, 11) is 0. The van der Waals surface area contributed by atoms with Crippen LogP contribution in [-0.2, 0) is 0 Å². The molecule has 0 atom stereocenters. The van der Waals surface area contributed by atoms with Crippen molar-refractivity contribution in [3.8, 4) is 17.0 Å². The summed E-state index contributed by atoms with van der Waals surface area (Å²) >= 11 is 5.83. The third kappa shape index (κ3) is 3.69. The monoisotopic (exact) mass is 413 g/mol. The minimum Gasteiger partial charge on any atom is -0.405 e. The molecule has 0 saturated heterocycles. The topological polar surface area (TPSA) is 84.6 Å². The summed E-state index contributed by atoms with van der Waals surface area (Å²) in [5.41, 5.74) is -0.0259. The molecular weight excluding hydrogens is 399 g/mol. The van der Waals surface area contributed by atoms with Gasteiger partial charge in [-0.2, -0.15) is 0 Å². The maximum Gasteiger partial charge on any atom is 0.573 e. The van der Waals surface area contributed by atoms with Gasteiger partial charge in [-0.3, -0.25) is 4.40 Å². The van der Waals surface area contributed by atoms with Gasteiger partial charge in [-0.25, -0.2) is 4.98 Å². The molecule has 11 heteroatoms. The van der Waals surface area contributed by atoms with Gasteiger partial charge in [0.15, 0.2) is 0 Å². The Labute approximate surface area is 162 Å². The Morgan fingerprint density at radius 1 is 1.32 bits per heavy atom. The first-order valence-corrected chi connectivity index (χ1v) is 8.72. The van der Waals surface area contributed by atoms with Crippen LogP contribution >= 0.6 is 11.6 Å². The SMILES string of the molecule is CC1(O)CC(Nc2nnc(-c3ccc(Cl)cc3OC(F)(F)F)c3cncn23)C1. The molecule has 2 aromatic heterocycles. The van der Waals surface area contributed by atoms with Crippen LogP contribution in [0.4, 0.5) is 19.1 Å². The number of aliphatic hydroxyl groups is 1. The summed E-state index contributed by atoms with van der Waals surface area (Å²) in [6.45, 7) is 1.75. The number of nitrogens with one attached hydrogen (secondary N) is 1. The number of imidazole rings is 1. The first-order chi connectivity index (χ1) is 13.1. The molecule has 1 aliphatic carbocycles. The fraction of sp³-hybridized carbons (Fsp3) is 0.353. The molecule has 0 radical (unpaired) electrons. The van der Waals surface area contributed by atoms with E-state index in [1.54, 1.807) is 11.3 Å². The van der Waals surface area contributed by atoms with Gasteiger partial charge in [-0.15, -0.1) is 23.4 Å². The zero-order chi connectivity index (χ0) is 20.1. The Morgan fingerprint density at radius 2 is 2.07 bits per heavy atom. The number of halogens is 4. The molecule has 2 N–H and O–H groups in total. The summed E-state index contributed by atoms with van der Waals surface area (Å²) in [4.78, 5) is 4.05. The van der Waals surface area contributed by atoms with Gasteiger partial charge in [-0.05, 0) is 38.0 Å². The number of ether oxygens (including phenoxy) is 1. The first kappa shape index (κ1) is 18.8. The second kappa shape index (κ2) is 6.49. The number of benzene rings is 1. The molecule has 1 aromatic carbocycles. The van der Waals surface area contributed by atoms with Crippen LogP contribution in [0.25, 0.3) is 16.8 Å². The molecule has 2 heterocycles. The van der Waals surface area contributed by atoms with E-state index in [2.05, 4.69) is 25.2 Å². The Bertz CT molecular complexity index is 1030. The number of nitrogens with zero attached hydrogens (tertiary/aromatic N) is 4. The van der Waals surface area contributed by atoms with Crippen LogP contribution in [-0.4, -0.2) is 42.7 Å². The van der Waals surface area contributed by atoms with Crippen molar-refractivity contribution in [3.05, 3.63) is 35.7 Å². The Balaban J connectivity index is 1.73. The summed E-state index contributed by atoms with van der Waals surface area (Å²) in [6, 6.07) is 3.91. The summed E-state index contributed by atoms with van der Waals surface area (Å²) in [6.07, 6.45) is -0.836. The Hall–Kier alpha value is -2.59. The van der Waals surface area contributed by atoms with Crippen LogP contribution in [0.5, 0.6) is 5.75 Å². The van der Waals surface area contributed by atoms with Crippen LogP contribution in [0.3, 0.4) is 0 Å². The lowest BCUT2D eigenvalue weighted by Crippen LogP contribution is -2.48. The lowest BCUT2D eigenvalue weighted by Gasteiger charge is -2.41. The lowest BCUT2D eigenvalue weighted by molar-refractivity contribution is -0.274. The van der Waals surface area contributed by atoms with E-state index < -0.39 is 17.7 Å². The average molecular weight is 414 g/mol. The van der Waals surface area contributed by atoms with Crippen molar-refractivity contribution in [2.24, 2.45) is 0 Å². The highest BCUT2D eigenvalue weighted by atomic mass is 35.5. The fourth-order valence-corrected chi connectivity index (χ4v) is 3.48. The van der Waals surface area contributed by atoms with Gasteiger partial charge in [0.05, 0.1) is 17.3 Å². The van der Waals surface area contributed by atoms with E-state index in [9.17, 15) is 18.3 Å². The number of hydrogen-bond donors (Lipinski definition) is 2. The van der Waals surface area contributed by atoms with E-state index in [4.69, 9.17) is 11.6 Å². The van der Waals surface area contributed by atoms with Gasteiger partial charge >= 0.3 is 6.36 Å². The molecule has 0 amide bonds. The smallest absolute Gasteiger partial charge is 0.405 e. The molecule has 0 spiro atoms. The van der Waals surface area contributed by atoms with Gasteiger partial charge in [-0.1, -0.05) is 11.6 Å². The van der Waals surface area contributed by atoms with E-state index in [1.807, 2.05) is 0 Å². The van der Waals surface area contributed by atoms with Gasteiger partial charge in [0.1, 0.15) is 17.8 Å². The van der Waals surface area contributed by atoms with E-state index in [0.717, 1.165) is 6.07 Å². The van der Waals surface area contributed by atoms with Crippen molar-refractivity contribution in [1.29, 1.82) is 0 Å². The number of alkyl halides is 3. The minimum absolute atomic E-state index is 0.0143. The zero-order valence-corrected chi connectivity index (χ0v) is 15.3. The van der Waals surface area contributed by atoms with Crippen LogP contribution < -0.4 is 10.1 Å². The zero-order valence-electron chi connectivity index (χ0n) is 14.5. The molecular formula is C17H15ClF3N5O2. The summed E-state index contributed by atoms with van der Waals surface area (Å²) in [5, 5.41) is 21.3. The molecule has 1 fully saturated rings. The second-order valence-electron chi connectivity index (χ2n) is 6.96. The lowest BCUT2D eigenvalue weighted by atomic mass is 9.77. The molecule has 4 rings (SSSR count). The van der Waals surface area contributed by atoms with Crippen molar-refractivity contribution in [1.82, 2.24) is 19.6 Å². The van der Waals surface area contributed by atoms with E-state index >= 15 is 0 Å². The maximum atomic E-state index is 12.8. The molecule has 0 bridgehead atoms. The predicted octanol–water partition coefficient (Wildman–Crippen LogP) is 3.67. The number of rotatable bonds is 4. The number of anilines is 1. The summed E-state index contributed by atoms with van der Waals surface area (Å²) < 4.78 is 44.1. The molecule has 0 unspecified atom stereocenters. The molecule has 0 aliphatic heterocycles. The van der Waals surface area contributed by atoms with Gasteiger partial charge in [0, 0.05) is 16.6 Å². The van der Waals surface area contributed by atoms with Crippen molar-refractivity contribution < 1.29 is 23.0 Å². The van der Waals surface area contributed by atoms with Gasteiger partial charge in [0.2, 0.25) is 5.95 Å². The Morgan fingerprint density at radius 3 is 2.75 bits per heavy atom. The molecule has 7 nitrogen and oxygen atoms in total. The average Bonchev–Trinajstić information content (AvgIpc) is 3.03. The molecule has 1 saturated carbocycles. The van der Waals surface area contributed by atoms with Crippen LogP contribution in [0.2, 0.25) is 5.02 Å². The van der Waals surface area contributed by atoms with E-state index in [1.165, 1.54) is 24.7 Å². The molecule has 3 aromatic rings. The molecule has 148 valence electrons. The normalized spacial score (nSPS) is 22.1. The van der Waals surface area contributed by atoms with Crippen LogP contribution in [0, 0.1) is 0 Å². The van der Waals surface area contributed by atoms with Gasteiger partial charge < -0.3 is 15.2 Å². The standard InChI is InChI=1S/C17H15ClF3N5O2/c1-16(27)5-10(6-16)23-15-25-24-14(12-7-22-8-26(12)15)11-3-2-9(18)4-13(11)28-17(19,20)21/h2-4,7-8,10,27H,5-6H2,1H3,(H,23,25). The Kier molecular flexibility index (Phi) is 4.35. The molecule has 28 heavy (non-hydrogen) atoms. The van der Waals surface area contributed by atoms with Crippen molar-refractivity contribution in [2.75, 3.05) is 5.32 Å². The number of aromatic nitrogens is 4. The first-order valence-electron chi connectivity index (χ1n) is 8.35. The highest BCUT2D eigenvalue weighted by molar-refractivity contribution is 6.30. The van der Waals surface area contributed by atoms with E-state index in [-0.39, 0.29) is 22.3 Å². The number of fused-ring (bicyclic) bond motifs is 1. The van der Waals surface area contributed by atoms with Crippen molar-refractivity contribution in [2.45, 2.75) is 37.8 Å². The fourth-order valence-electron chi connectivity index (χ4n) is 3.31. The maximum absolute atomic E-state index is 12.8. The van der Waals surface area contributed by atoms with Gasteiger partial charge in [0.25, 0.3) is 0 Å². The second-order valence-corrected chi connectivity index (χ2v) is 7.39. The molecule has 1 aliphatic rings. The van der Waals surface area contributed by atoms with E-state index in [0.29, 0.717) is 24.3 Å². The quantitative estimate of drug-likeness (QED) is 0.679. The highest BCUT2D eigenvalue weighted by Crippen LogP contribution is 2.37. The minimum atomic E-state index is -4.88. The highest BCUT2D eigenvalue weighted by Gasteiger charge is 2.39. The van der Waals surface area contributed by atoms with Crippen molar-refractivity contribution >= 4 is 23.1 Å². The van der Waals surface area contributed by atoms with Crippen LogP contribution in [0.15, 0.2) is 30.7 Å². The van der Waals surface area contributed by atoms with Crippen LogP contribution in [0.1, 0.15) is 19.8 Å². The third-order valence-electron chi connectivity index (χ3n) is 4.48. The largest absolute Gasteiger partial charge is 0.573 e.